The number of nitrogens with zero attached hydrogens (tertiary/aromatic N) is 1. The van der Waals surface area contributed by atoms with Crippen molar-refractivity contribution in [3.05, 3.63) is 0 Å². The summed E-state index contributed by atoms with van der Waals surface area (Å²) in [5.41, 5.74) is 5.77. The maximum atomic E-state index is 9.42. The fourth-order valence-corrected chi connectivity index (χ4v) is 0. The lowest BCUT2D eigenvalue weighted by Crippen LogP contribution is -2.05. The highest BCUT2D eigenvalue weighted by Crippen LogP contribution is 1.70. The van der Waals surface area contributed by atoms with Crippen LogP contribution in [0.2, 0.25) is 0 Å². The van der Waals surface area contributed by atoms with E-state index < -0.39 is 10.2 Å². The van der Waals surface area contributed by atoms with Crippen molar-refractivity contribution in [2.45, 2.75) is 0 Å². The third kappa shape index (κ3) is 3.51. The minimum absolute atomic E-state index is 2.02. The second-order valence-corrected chi connectivity index (χ2v) is 1.82. The van der Waals surface area contributed by atoms with E-state index in [1.165, 1.54) is 0 Å². The molecule has 0 unspecified atom stereocenters. The molecule has 0 saturated heterocycles. The highest BCUT2D eigenvalue weighted by atomic mass is 32.2. The molecule has 36 valence electrons. The molecule has 5 nitrogen and oxygen atoms in total. The number of hydrogen-bond donors (Lipinski definition) is 2. The molecule has 0 atom stereocenters. The molecular weight excluding hydrogens is 106 g/mol. The van der Waals surface area contributed by atoms with E-state index in [-0.39, 0.29) is 0 Å². The summed E-state index contributed by atoms with van der Waals surface area (Å²) in [5.74, 6) is 0. The SMILES string of the molecule is N=NS(N)(=O)=O. The lowest BCUT2D eigenvalue weighted by molar-refractivity contribution is 0.596. The zero-order chi connectivity index (χ0) is 5.21. The summed E-state index contributed by atoms with van der Waals surface area (Å²) in [6.45, 7) is 0. The van der Waals surface area contributed by atoms with Crippen LogP contribution >= 0.6 is 0 Å². The molecule has 0 aliphatic rings. The van der Waals surface area contributed by atoms with Crippen molar-refractivity contribution in [3.8, 4) is 0 Å². The van der Waals surface area contributed by atoms with Gasteiger partial charge in [0.2, 0.25) is 0 Å². The molecule has 0 radical (unpaired) electrons. The molecule has 0 aliphatic heterocycles. The Bertz CT molecular complexity index is 119. The summed E-state index contributed by atoms with van der Waals surface area (Å²) in [5, 5.41) is 4.15. The van der Waals surface area contributed by atoms with Crippen LogP contribution in [0.5, 0.6) is 0 Å². The van der Waals surface area contributed by atoms with Crippen molar-refractivity contribution in [2.24, 2.45) is 9.66 Å². The van der Waals surface area contributed by atoms with Crippen LogP contribution in [0, 0.1) is 5.53 Å². The topological polar surface area (TPSA) is 96.4 Å². The monoisotopic (exact) mass is 109 g/mol. The molecule has 0 aromatic rings. The Balaban J connectivity index is 4.25. The Kier molecular flexibility index (Phi) is 1.20. The Labute approximate surface area is 34.8 Å². The van der Waals surface area contributed by atoms with Crippen molar-refractivity contribution in [3.63, 3.8) is 0 Å². The molecule has 0 aliphatic carbocycles. The summed E-state index contributed by atoms with van der Waals surface area (Å²) in [7, 11) is -3.87. The highest BCUT2D eigenvalue weighted by Gasteiger charge is 1.89. The molecule has 0 bridgehead atoms. The van der Waals surface area contributed by atoms with E-state index in [1.54, 1.807) is 0 Å². The van der Waals surface area contributed by atoms with Gasteiger partial charge in [0, 0.05) is 0 Å². The average Bonchev–Trinajstić information content (AvgIpc) is 1.35. The smallest absolute Gasteiger partial charge is 0.208 e. The molecule has 0 aromatic heterocycles. The maximum absolute atomic E-state index is 9.42. The van der Waals surface area contributed by atoms with Gasteiger partial charge in [0.1, 0.15) is 0 Å². The van der Waals surface area contributed by atoms with Crippen molar-refractivity contribution in [1.82, 2.24) is 0 Å². The second-order valence-electron chi connectivity index (χ2n) is 0.606. The second kappa shape index (κ2) is 1.31. The molecule has 0 aromatic carbocycles. The van der Waals surface area contributed by atoms with Crippen molar-refractivity contribution in [2.75, 3.05) is 0 Å². The van der Waals surface area contributed by atoms with Gasteiger partial charge in [0.15, 0.2) is 0 Å². The molecule has 0 heterocycles. The predicted molar refractivity (Wildman–Crippen MR) is 18.3 cm³/mol. The van der Waals surface area contributed by atoms with Gasteiger partial charge in [-0.3, -0.25) is 0 Å². The van der Waals surface area contributed by atoms with E-state index in [9.17, 15) is 8.42 Å². The summed E-state index contributed by atoms with van der Waals surface area (Å²) < 4.78 is 20.9. The lowest BCUT2D eigenvalue weighted by atomic mass is 13.3. The minimum Gasteiger partial charge on any atom is -0.208 e. The quantitative estimate of drug-likeness (QED) is 0.432. The van der Waals surface area contributed by atoms with Crippen LogP contribution in [0.15, 0.2) is 4.52 Å². The van der Waals surface area contributed by atoms with Gasteiger partial charge >= 0.3 is 10.2 Å². The zero-order valence-corrected chi connectivity index (χ0v) is 3.57. The van der Waals surface area contributed by atoms with Crippen LogP contribution < -0.4 is 5.14 Å². The molecule has 0 amide bonds. The van der Waals surface area contributed by atoms with Crippen molar-refractivity contribution in [1.29, 1.82) is 5.53 Å². The van der Waals surface area contributed by atoms with E-state index >= 15 is 0 Å². The molecular formula is H3N3O2S. The maximum Gasteiger partial charge on any atom is 0.334 e. The van der Waals surface area contributed by atoms with E-state index in [2.05, 4.69) is 5.14 Å². The number of rotatable bonds is 1. The molecule has 0 spiro atoms. The lowest BCUT2D eigenvalue weighted by Gasteiger charge is -1.72. The molecule has 6 heteroatoms. The Hall–Kier alpha value is -0.490. The summed E-state index contributed by atoms with van der Waals surface area (Å²) >= 11 is 0. The van der Waals surface area contributed by atoms with Gasteiger partial charge in [0.25, 0.3) is 0 Å². The van der Waals surface area contributed by atoms with Crippen LogP contribution in [0.3, 0.4) is 0 Å². The van der Waals surface area contributed by atoms with Gasteiger partial charge in [0.05, 0.1) is 0 Å². The van der Waals surface area contributed by atoms with Gasteiger partial charge < -0.3 is 0 Å². The minimum atomic E-state index is -3.87. The van der Waals surface area contributed by atoms with E-state index in [0.29, 0.717) is 0 Å². The van der Waals surface area contributed by atoms with Crippen molar-refractivity contribution >= 4 is 10.2 Å². The van der Waals surface area contributed by atoms with Gasteiger partial charge in [-0.2, -0.15) is 13.9 Å². The fraction of sp³-hybridized carbons (Fsp3) is 0. The van der Waals surface area contributed by atoms with E-state index in [1.807, 2.05) is 4.52 Å². The predicted octanol–water partition coefficient (Wildman–Crippen LogP) is -0.779. The van der Waals surface area contributed by atoms with Crippen LogP contribution in [-0.4, -0.2) is 8.42 Å². The first kappa shape index (κ1) is 5.51. The van der Waals surface area contributed by atoms with Gasteiger partial charge in [-0.1, -0.05) is 4.52 Å². The standard InChI is InChI=1S/H3N3O2S/c1-3-6(2,4)5/h1H,(H2,2,4,5). The van der Waals surface area contributed by atoms with Crippen LogP contribution in [0.4, 0.5) is 0 Å². The Morgan fingerprint density at radius 3 is 1.83 bits per heavy atom. The molecule has 0 fully saturated rings. The van der Waals surface area contributed by atoms with Crippen LogP contribution in [-0.2, 0) is 10.2 Å². The Morgan fingerprint density at radius 1 is 1.67 bits per heavy atom. The fourth-order valence-electron chi connectivity index (χ4n) is 0. The number of nitrogens with one attached hydrogen (secondary N) is 1. The summed E-state index contributed by atoms with van der Waals surface area (Å²) in [6, 6.07) is 0. The average molecular weight is 109 g/mol. The highest BCUT2D eigenvalue weighted by molar-refractivity contribution is 7.87. The molecule has 3 N–H and O–H groups in total. The molecule has 0 rings (SSSR count). The first-order valence-corrected chi connectivity index (χ1v) is 2.48. The summed E-state index contributed by atoms with van der Waals surface area (Å²) in [6.07, 6.45) is 0. The van der Waals surface area contributed by atoms with E-state index in [4.69, 9.17) is 5.53 Å². The van der Waals surface area contributed by atoms with Gasteiger partial charge in [-0.15, -0.1) is 0 Å². The summed E-state index contributed by atoms with van der Waals surface area (Å²) in [4.78, 5) is 0. The van der Waals surface area contributed by atoms with Crippen LogP contribution in [0.1, 0.15) is 0 Å². The molecule has 0 saturated carbocycles. The van der Waals surface area contributed by atoms with E-state index in [0.717, 1.165) is 0 Å². The first-order valence-electron chi connectivity index (χ1n) is 0.975. The number of hydrogen-bond acceptors (Lipinski definition) is 3. The van der Waals surface area contributed by atoms with Crippen molar-refractivity contribution < 1.29 is 8.42 Å². The number of nitrogens with two attached hydrogens (primary N) is 1. The van der Waals surface area contributed by atoms with Gasteiger partial charge in [-0.05, 0) is 0 Å². The largest absolute Gasteiger partial charge is 0.334 e. The van der Waals surface area contributed by atoms with Crippen LogP contribution in [0.25, 0.3) is 0 Å². The van der Waals surface area contributed by atoms with Gasteiger partial charge in [-0.25, -0.2) is 5.14 Å². The Morgan fingerprint density at radius 2 is 1.83 bits per heavy atom. The molecule has 6 heavy (non-hydrogen) atoms. The zero-order valence-electron chi connectivity index (χ0n) is 2.75. The third-order valence-corrected chi connectivity index (χ3v) is 0.382. The normalized spacial score (nSPS) is 10.8. The first-order chi connectivity index (χ1) is 2.56. The third-order valence-electron chi connectivity index (χ3n) is 0.127.